The fraction of sp³-hybridized carbons (Fsp3) is 0.333. The van der Waals surface area contributed by atoms with Gasteiger partial charge in [-0.1, -0.05) is 0 Å². The molecule has 0 aliphatic heterocycles. The van der Waals surface area contributed by atoms with Gasteiger partial charge in [-0.2, -0.15) is 0 Å². The summed E-state index contributed by atoms with van der Waals surface area (Å²) in [5.41, 5.74) is 0. The van der Waals surface area contributed by atoms with E-state index in [9.17, 15) is 0 Å². The Balaban J connectivity index is 1.94. The van der Waals surface area contributed by atoms with Gasteiger partial charge < -0.3 is 10.6 Å². The van der Waals surface area contributed by atoms with Gasteiger partial charge in [0.1, 0.15) is 22.4 Å². The van der Waals surface area contributed by atoms with Crippen LogP contribution in [0.4, 0.5) is 11.6 Å². The minimum Gasteiger partial charge on any atom is -0.369 e. The van der Waals surface area contributed by atoms with Gasteiger partial charge in [0, 0.05) is 18.0 Å². The number of nitrogens with zero attached hydrogens (tertiary/aromatic N) is 2. The molecular formula is C12H14Br2N4S. The van der Waals surface area contributed by atoms with E-state index in [0.29, 0.717) is 0 Å². The lowest BCUT2D eigenvalue weighted by atomic mass is 10.3. The number of rotatable bonds is 6. The first-order valence-corrected chi connectivity index (χ1v) is 8.33. The topological polar surface area (TPSA) is 49.8 Å². The number of thiophene rings is 1. The van der Waals surface area contributed by atoms with Crippen molar-refractivity contribution in [3.05, 3.63) is 31.6 Å². The first kappa shape index (κ1) is 14.7. The van der Waals surface area contributed by atoms with Gasteiger partial charge in [-0.15, -0.1) is 11.3 Å². The highest BCUT2D eigenvalue weighted by Crippen LogP contribution is 2.27. The maximum absolute atomic E-state index is 4.24. The van der Waals surface area contributed by atoms with Crippen molar-refractivity contribution in [3.8, 4) is 0 Å². The molecule has 2 N–H and O–H groups in total. The Bertz CT molecular complexity index is 544. The SMILES string of the molecule is CCNc1ncnc(NCCc2ccc(Br)s2)c1Br. The molecular weight excluding hydrogens is 392 g/mol. The predicted octanol–water partition coefficient (Wildman–Crippen LogP) is 4.15. The Morgan fingerprint density at radius 3 is 2.53 bits per heavy atom. The molecule has 7 heteroatoms. The lowest BCUT2D eigenvalue weighted by molar-refractivity contribution is 1.01. The zero-order valence-corrected chi connectivity index (χ0v) is 14.4. The molecule has 102 valence electrons. The van der Waals surface area contributed by atoms with Gasteiger partial charge in [-0.3, -0.25) is 0 Å². The van der Waals surface area contributed by atoms with Crippen molar-refractivity contribution in [1.29, 1.82) is 0 Å². The second-order valence-corrected chi connectivity index (χ2v) is 7.14. The second-order valence-electron chi connectivity index (χ2n) is 3.80. The van der Waals surface area contributed by atoms with E-state index in [0.717, 1.165) is 35.6 Å². The zero-order chi connectivity index (χ0) is 13.7. The summed E-state index contributed by atoms with van der Waals surface area (Å²) in [6.45, 7) is 3.71. The van der Waals surface area contributed by atoms with E-state index in [1.807, 2.05) is 6.92 Å². The third kappa shape index (κ3) is 4.15. The molecule has 0 aliphatic rings. The molecule has 0 atom stereocenters. The van der Waals surface area contributed by atoms with Gasteiger partial charge in [0.2, 0.25) is 0 Å². The molecule has 0 saturated heterocycles. The summed E-state index contributed by atoms with van der Waals surface area (Å²) in [4.78, 5) is 9.77. The third-order valence-electron chi connectivity index (χ3n) is 2.43. The van der Waals surface area contributed by atoms with Crippen LogP contribution in [0, 0.1) is 0 Å². The van der Waals surface area contributed by atoms with E-state index >= 15 is 0 Å². The highest BCUT2D eigenvalue weighted by Gasteiger charge is 2.07. The van der Waals surface area contributed by atoms with Crippen LogP contribution in [0.2, 0.25) is 0 Å². The molecule has 2 aromatic rings. The molecule has 0 aromatic carbocycles. The second kappa shape index (κ2) is 7.21. The van der Waals surface area contributed by atoms with Gasteiger partial charge in [0.15, 0.2) is 0 Å². The van der Waals surface area contributed by atoms with Crippen LogP contribution in [0.25, 0.3) is 0 Å². The molecule has 0 unspecified atom stereocenters. The molecule has 2 aromatic heterocycles. The average Bonchev–Trinajstić information content (AvgIpc) is 2.80. The molecule has 0 amide bonds. The average molecular weight is 406 g/mol. The van der Waals surface area contributed by atoms with E-state index in [-0.39, 0.29) is 0 Å². The fourth-order valence-corrected chi connectivity index (χ4v) is 3.54. The van der Waals surface area contributed by atoms with Crippen molar-refractivity contribution >= 4 is 54.8 Å². The molecule has 4 nitrogen and oxygen atoms in total. The lowest BCUT2D eigenvalue weighted by Gasteiger charge is -2.10. The molecule has 0 spiro atoms. The van der Waals surface area contributed by atoms with Crippen LogP contribution in [0.5, 0.6) is 0 Å². The van der Waals surface area contributed by atoms with Crippen LogP contribution in [0.1, 0.15) is 11.8 Å². The van der Waals surface area contributed by atoms with Crippen LogP contribution in [0.15, 0.2) is 26.7 Å². The number of hydrogen-bond acceptors (Lipinski definition) is 5. The first-order valence-electron chi connectivity index (χ1n) is 5.93. The summed E-state index contributed by atoms with van der Waals surface area (Å²) < 4.78 is 2.05. The van der Waals surface area contributed by atoms with E-state index < -0.39 is 0 Å². The predicted molar refractivity (Wildman–Crippen MR) is 88.1 cm³/mol. The molecule has 2 heterocycles. The summed E-state index contributed by atoms with van der Waals surface area (Å²) in [6.07, 6.45) is 2.54. The number of nitrogens with one attached hydrogen (secondary N) is 2. The molecule has 0 bridgehead atoms. The van der Waals surface area contributed by atoms with Gasteiger partial charge in [0.25, 0.3) is 0 Å². The van der Waals surface area contributed by atoms with E-state index in [2.05, 4.69) is 64.6 Å². The van der Waals surface area contributed by atoms with Gasteiger partial charge in [0.05, 0.1) is 3.79 Å². The lowest BCUT2D eigenvalue weighted by Crippen LogP contribution is -2.08. The standard InChI is InChI=1S/C12H14Br2N4S/c1-2-15-11-10(14)12(18-7-17-11)16-6-5-8-3-4-9(13)19-8/h3-4,7H,2,5-6H2,1H3,(H2,15,16,17,18). The molecule has 0 radical (unpaired) electrons. The Kier molecular flexibility index (Phi) is 5.59. The quantitative estimate of drug-likeness (QED) is 0.757. The summed E-state index contributed by atoms with van der Waals surface area (Å²) in [5.74, 6) is 1.64. The Morgan fingerprint density at radius 2 is 1.89 bits per heavy atom. The van der Waals surface area contributed by atoms with E-state index in [1.165, 1.54) is 8.66 Å². The smallest absolute Gasteiger partial charge is 0.145 e. The van der Waals surface area contributed by atoms with Crippen molar-refractivity contribution in [3.63, 3.8) is 0 Å². The Morgan fingerprint density at radius 1 is 1.16 bits per heavy atom. The van der Waals surface area contributed by atoms with Crippen LogP contribution in [-0.4, -0.2) is 23.1 Å². The summed E-state index contributed by atoms with van der Waals surface area (Å²) >= 11 is 8.75. The van der Waals surface area contributed by atoms with Crippen LogP contribution in [-0.2, 0) is 6.42 Å². The highest BCUT2D eigenvalue weighted by atomic mass is 79.9. The normalized spacial score (nSPS) is 10.5. The molecule has 2 rings (SSSR count). The zero-order valence-electron chi connectivity index (χ0n) is 10.4. The minimum absolute atomic E-state index is 0.818. The van der Waals surface area contributed by atoms with Crippen LogP contribution in [0.3, 0.4) is 0 Å². The van der Waals surface area contributed by atoms with Gasteiger partial charge in [-0.05, 0) is 57.3 Å². The maximum Gasteiger partial charge on any atom is 0.145 e. The van der Waals surface area contributed by atoms with Crippen molar-refractivity contribution < 1.29 is 0 Å². The monoisotopic (exact) mass is 404 g/mol. The highest BCUT2D eigenvalue weighted by molar-refractivity contribution is 9.11. The number of halogens is 2. The fourth-order valence-electron chi connectivity index (χ4n) is 1.57. The number of aromatic nitrogens is 2. The van der Waals surface area contributed by atoms with Crippen molar-refractivity contribution in [2.45, 2.75) is 13.3 Å². The van der Waals surface area contributed by atoms with Crippen molar-refractivity contribution in [1.82, 2.24) is 9.97 Å². The number of hydrogen-bond donors (Lipinski definition) is 2. The minimum atomic E-state index is 0.818. The van der Waals surface area contributed by atoms with E-state index in [4.69, 9.17) is 0 Å². The molecule has 0 aliphatic carbocycles. The summed E-state index contributed by atoms with van der Waals surface area (Å²) in [5, 5.41) is 6.51. The molecule has 19 heavy (non-hydrogen) atoms. The third-order valence-corrected chi connectivity index (χ3v) is 4.86. The largest absolute Gasteiger partial charge is 0.369 e. The van der Waals surface area contributed by atoms with Gasteiger partial charge >= 0.3 is 0 Å². The number of anilines is 2. The first-order chi connectivity index (χ1) is 9.20. The van der Waals surface area contributed by atoms with Gasteiger partial charge in [-0.25, -0.2) is 9.97 Å². The Hall–Kier alpha value is -0.660. The van der Waals surface area contributed by atoms with Crippen LogP contribution >= 0.6 is 43.2 Å². The summed E-state index contributed by atoms with van der Waals surface area (Å²) in [7, 11) is 0. The summed E-state index contributed by atoms with van der Waals surface area (Å²) in [6, 6.07) is 4.21. The van der Waals surface area contributed by atoms with Crippen molar-refractivity contribution in [2.24, 2.45) is 0 Å². The molecule has 0 fully saturated rings. The van der Waals surface area contributed by atoms with Crippen molar-refractivity contribution in [2.75, 3.05) is 23.7 Å². The Labute approximate surface area is 133 Å². The van der Waals surface area contributed by atoms with Crippen LogP contribution < -0.4 is 10.6 Å². The maximum atomic E-state index is 4.24. The molecule has 0 saturated carbocycles. The van der Waals surface area contributed by atoms with E-state index in [1.54, 1.807) is 17.7 Å².